The van der Waals surface area contributed by atoms with Crippen LogP contribution in [0, 0.1) is 5.92 Å². The summed E-state index contributed by atoms with van der Waals surface area (Å²) in [5, 5.41) is 12.1. The van der Waals surface area contributed by atoms with Crippen molar-refractivity contribution in [2.45, 2.75) is 20.3 Å². The van der Waals surface area contributed by atoms with Gasteiger partial charge in [0.15, 0.2) is 0 Å². The minimum Gasteiger partial charge on any atom is -0.662 e. The van der Waals surface area contributed by atoms with Crippen molar-refractivity contribution in [3.05, 3.63) is 5.32 Å². The zero-order valence-electron chi connectivity index (χ0n) is 6.88. The van der Waals surface area contributed by atoms with Crippen LogP contribution in [0.15, 0.2) is 0 Å². The fourth-order valence-corrected chi connectivity index (χ4v) is 0.158. The SMILES string of the molecule is C1C[N-]C1.CC(C)CO.[Y]. The van der Waals surface area contributed by atoms with Crippen molar-refractivity contribution in [3.63, 3.8) is 0 Å². The van der Waals surface area contributed by atoms with Gasteiger partial charge < -0.3 is 10.4 Å². The number of aliphatic hydroxyl groups is 1. The van der Waals surface area contributed by atoms with E-state index in [0.717, 1.165) is 13.1 Å². The van der Waals surface area contributed by atoms with Gasteiger partial charge in [-0.3, -0.25) is 0 Å². The molecule has 2 nitrogen and oxygen atoms in total. The molecule has 1 aliphatic rings. The van der Waals surface area contributed by atoms with Crippen LogP contribution >= 0.6 is 0 Å². The van der Waals surface area contributed by atoms with Crippen LogP contribution in [0.3, 0.4) is 0 Å². The summed E-state index contributed by atoms with van der Waals surface area (Å²) in [5.41, 5.74) is 0. The van der Waals surface area contributed by atoms with E-state index in [1.54, 1.807) is 0 Å². The molecule has 0 amide bonds. The summed E-state index contributed by atoms with van der Waals surface area (Å²) in [4.78, 5) is 0. The molecule has 1 fully saturated rings. The van der Waals surface area contributed by atoms with Crippen molar-refractivity contribution in [2.24, 2.45) is 5.92 Å². The number of nitrogens with zero attached hydrogens (tertiary/aromatic N) is 1. The van der Waals surface area contributed by atoms with Crippen LogP contribution in [0.4, 0.5) is 0 Å². The molecule has 0 aromatic rings. The Morgan fingerprint density at radius 2 is 1.60 bits per heavy atom. The minimum atomic E-state index is 0. The summed E-state index contributed by atoms with van der Waals surface area (Å²) >= 11 is 0. The molecule has 0 aromatic heterocycles. The second-order valence-electron chi connectivity index (χ2n) is 2.60. The van der Waals surface area contributed by atoms with E-state index in [0.29, 0.717) is 12.5 Å². The van der Waals surface area contributed by atoms with Crippen molar-refractivity contribution in [3.8, 4) is 0 Å². The molecule has 0 bridgehead atoms. The van der Waals surface area contributed by atoms with Gasteiger partial charge in [0, 0.05) is 39.3 Å². The summed E-state index contributed by atoms with van der Waals surface area (Å²) in [6.45, 7) is 6.50. The molecule has 1 rings (SSSR count). The molecule has 3 heteroatoms. The van der Waals surface area contributed by atoms with Crippen molar-refractivity contribution >= 4 is 0 Å². The fraction of sp³-hybridized carbons (Fsp3) is 1.00. The van der Waals surface area contributed by atoms with Gasteiger partial charge in [-0.15, -0.1) is 0 Å². The van der Waals surface area contributed by atoms with Crippen LogP contribution in [0.1, 0.15) is 20.3 Å². The zero-order valence-corrected chi connectivity index (χ0v) is 9.72. The number of aliphatic hydroxyl groups excluding tert-OH is 1. The van der Waals surface area contributed by atoms with E-state index < -0.39 is 0 Å². The van der Waals surface area contributed by atoms with Crippen molar-refractivity contribution in [1.82, 2.24) is 0 Å². The molecule has 10 heavy (non-hydrogen) atoms. The maximum atomic E-state index is 8.14. The Kier molecular flexibility index (Phi) is 13.6. The molecule has 1 aliphatic heterocycles. The molecule has 0 atom stereocenters. The average Bonchev–Trinajstić information content (AvgIpc) is 1.61. The van der Waals surface area contributed by atoms with E-state index in [1.807, 2.05) is 13.8 Å². The van der Waals surface area contributed by atoms with Gasteiger partial charge in [0.2, 0.25) is 0 Å². The number of hydrogen-bond donors (Lipinski definition) is 1. The van der Waals surface area contributed by atoms with Crippen LogP contribution in [-0.2, 0) is 32.7 Å². The van der Waals surface area contributed by atoms with Gasteiger partial charge in [-0.05, 0) is 5.92 Å². The van der Waals surface area contributed by atoms with Gasteiger partial charge in [-0.25, -0.2) is 0 Å². The molecule has 0 spiro atoms. The predicted octanol–water partition coefficient (Wildman–Crippen LogP) is 1.40. The average molecular weight is 219 g/mol. The predicted molar refractivity (Wildman–Crippen MR) is 39.6 cm³/mol. The van der Waals surface area contributed by atoms with Crippen molar-refractivity contribution in [1.29, 1.82) is 0 Å². The van der Waals surface area contributed by atoms with Crippen LogP contribution in [0.5, 0.6) is 0 Å². The Morgan fingerprint density at radius 3 is 1.60 bits per heavy atom. The smallest absolute Gasteiger partial charge is 0.0453 e. The maximum Gasteiger partial charge on any atom is 0.0453 e. The van der Waals surface area contributed by atoms with E-state index >= 15 is 0 Å². The largest absolute Gasteiger partial charge is 0.662 e. The molecular formula is C7H16NOY-. The van der Waals surface area contributed by atoms with Gasteiger partial charge in [0.25, 0.3) is 0 Å². The number of rotatable bonds is 1. The Balaban J connectivity index is 0. The summed E-state index contributed by atoms with van der Waals surface area (Å²) in [5.74, 6) is 0.440. The second kappa shape index (κ2) is 10.0. The van der Waals surface area contributed by atoms with E-state index in [9.17, 15) is 0 Å². The molecule has 1 radical (unpaired) electrons. The molecule has 0 aromatic carbocycles. The molecule has 0 unspecified atom stereocenters. The van der Waals surface area contributed by atoms with E-state index in [-0.39, 0.29) is 32.7 Å². The fourth-order valence-electron chi connectivity index (χ4n) is 0.158. The summed E-state index contributed by atoms with van der Waals surface area (Å²) in [7, 11) is 0. The third-order valence-corrected chi connectivity index (χ3v) is 0.998. The molecule has 0 saturated carbocycles. The van der Waals surface area contributed by atoms with Crippen molar-refractivity contribution in [2.75, 3.05) is 19.7 Å². The third kappa shape index (κ3) is 11.8. The van der Waals surface area contributed by atoms with Crippen LogP contribution in [0.25, 0.3) is 5.32 Å². The normalized spacial score (nSPS) is 14.4. The first-order chi connectivity index (χ1) is 4.27. The van der Waals surface area contributed by atoms with Gasteiger partial charge in [-0.2, -0.15) is 13.1 Å². The molecule has 1 N–H and O–H groups in total. The third-order valence-electron chi connectivity index (χ3n) is 0.998. The van der Waals surface area contributed by atoms with E-state index in [4.69, 9.17) is 5.11 Å². The van der Waals surface area contributed by atoms with Crippen LogP contribution in [0.2, 0.25) is 0 Å². The molecule has 1 saturated heterocycles. The summed E-state index contributed by atoms with van der Waals surface area (Å²) in [6.07, 6.45) is 1.33. The van der Waals surface area contributed by atoms with Gasteiger partial charge >= 0.3 is 0 Å². The quantitative estimate of drug-likeness (QED) is 0.710. The first-order valence-electron chi connectivity index (χ1n) is 3.51. The first kappa shape index (κ1) is 13.6. The molecule has 0 aliphatic carbocycles. The molecule has 1 heterocycles. The molecule has 59 valence electrons. The molecular weight excluding hydrogens is 203 g/mol. The topological polar surface area (TPSA) is 34.3 Å². The van der Waals surface area contributed by atoms with Gasteiger partial charge in [0.05, 0.1) is 0 Å². The first-order valence-corrected chi connectivity index (χ1v) is 3.51. The Morgan fingerprint density at radius 1 is 1.40 bits per heavy atom. The van der Waals surface area contributed by atoms with Gasteiger partial charge in [0.1, 0.15) is 0 Å². The van der Waals surface area contributed by atoms with E-state index in [1.165, 1.54) is 6.42 Å². The summed E-state index contributed by atoms with van der Waals surface area (Å²) in [6, 6.07) is 0. The minimum absolute atomic E-state index is 0. The Labute approximate surface area is 88.7 Å². The van der Waals surface area contributed by atoms with Crippen LogP contribution in [-0.4, -0.2) is 24.8 Å². The zero-order chi connectivity index (χ0) is 7.11. The number of hydrogen-bond acceptors (Lipinski definition) is 1. The Hall–Kier alpha value is 1.02. The van der Waals surface area contributed by atoms with Crippen LogP contribution < -0.4 is 0 Å². The summed E-state index contributed by atoms with van der Waals surface area (Å²) < 4.78 is 0. The van der Waals surface area contributed by atoms with Crippen molar-refractivity contribution < 1.29 is 37.8 Å². The maximum absolute atomic E-state index is 8.14. The van der Waals surface area contributed by atoms with Gasteiger partial charge in [-0.1, -0.05) is 20.3 Å². The standard InChI is InChI=1S/C4H10O.C3H6N.Y/c1-4(2)3-5;1-2-4-3-1;/h4-5H,3H2,1-2H3;1-3H2;/q;-1;. The van der Waals surface area contributed by atoms with E-state index in [2.05, 4.69) is 5.32 Å². The Bertz CT molecular complexity index is 51.6. The second-order valence-corrected chi connectivity index (χ2v) is 2.60. The monoisotopic (exact) mass is 219 g/mol.